The van der Waals surface area contributed by atoms with Crippen LogP contribution in [0.5, 0.6) is 11.5 Å². The maximum Gasteiger partial charge on any atom is 0.191 e. The topological polar surface area (TPSA) is 67.4 Å². The molecule has 0 aromatic heterocycles. The van der Waals surface area contributed by atoms with Gasteiger partial charge in [-0.25, -0.2) is 4.99 Å². The molecule has 2 aromatic rings. The van der Waals surface area contributed by atoms with Crippen molar-refractivity contribution in [1.29, 1.82) is 0 Å². The summed E-state index contributed by atoms with van der Waals surface area (Å²) in [4.78, 5) is 7.20. The number of methoxy groups -OCH3 is 1. The van der Waals surface area contributed by atoms with Crippen LogP contribution < -0.4 is 20.1 Å². The number of halogens is 1. The van der Waals surface area contributed by atoms with Gasteiger partial charge >= 0.3 is 0 Å². The molecule has 33 heavy (non-hydrogen) atoms. The van der Waals surface area contributed by atoms with Crippen molar-refractivity contribution < 1.29 is 14.2 Å². The van der Waals surface area contributed by atoms with Crippen molar-refractivity contribution in [2.24, 2.45) is 4.99 Å². The average Bonchev–Trinajstić information content (AvgIpc) is 2.82. The third kappa shape index (κ3) is 9.77. The normalized spacial score (nSPS) is 15.3. The molecule has 1 aliphatic heterocycles. The van der Waals surface area contributed by atoms with Crippen LogP contribution in [0, 0.1) is 0 Å². The number of aliphatic imine (C=N–C) groups is 1. The number of guanidine groups is 1. The zero-order chi connectivity index (χ0) is 22.6. The summed E-state index contributed by atoms with van der Waals surface area (Å²) >= 11 is 0. The van der Waals surface area contributed by atoms with Crippen LogP contribution in [-0.4, -0.2) is 63.5 Å². The number of hydrogen-bond acceptors (Lipinski definition) is 5. The van der Waals surface area contributed by atoms with Gasteiger partial charge in [0.05, 0.1) is 33.4 Å². The summed E-state index contributed by atoms with van der Waals surface area (Å²) in [6.07, 6.45) is -0.0252. The van der Waals surface area contributed by atoms with Crippen molar-refractivity contribution in [3.8, 4) is 11.5 Å². The van der Waals surface area contributed by atoms with Crippen molar-refractivity contribution in [1.82, 2.24) is 15.5 Å². The predicted molar refractivity (Wildman–Crippen MR) is 144 cm³/mol. The molecule has 2 aromatic carbocycles. The number of morpholine rings is 1. The number of benzene rings is 2. The summed E-state index contributed by atoms with van der Waals surface area (Å²) in [5.74, 6) is 2.36. The summed E-state index contributed by atoms with van der Waals surface area (Å²) in [6.45, 7) is 10.7. The maximum atomic E-state index is 6.00. The Morgan fingerprint density at radius 3 is 2.55 bits per heavy atom. The van der Waals surface area contributed by atoms with E-state index in [2.05, 4.69) is 46.7 Å². The van der Waals surface area contributed by atoms with Gasteiger partial charge in [-0.3, -0.25) is 4.90 Å². The SMILES string of the molecule is CCNC(=NCc1cccc(CN2CCOCC2)c1)NCC(C)Oc1cccc(OC)c1.I. The first-order valence-electron chi connectivity index (χ1n) is 11.4. The lowest BCUT2D eigenvalue weighted by Gasteiger charge is -2.26. The van der Waals surface area contributed by atoms with Crippen molar-refractivity contribution in [3.63, 3.8) is 0 Å². The molecule has 1 atom stereocenters. The number of nitrogens with zero attached hydrogens (tertiary/aromatic N) is 2. The molecule has 0 amide bonds. The fourth-order valence-corrected chi connectivity index (χ4v) is 3.54. The highest BCUT2D eigenvalue weighted by atomic mass is 127. The molecule has 1 unspecified atom stereocenters. The van der Waals surface area contributed by atoms with Gasteiger partial charge in [-0.05, 0) is 37.1 Å². The van der Waals surface area contributed by atoms with E-state index in [1.807, 2.05) is 31.2 Å². The Bertz CT molecular complexity index is 859. The summed E-state index contributed by atoms with van der Waals surface area (Å²) in [7, 11) is 1.65. The van der Waals surface area contributed by atoms with Crippen LogP contribution in [0.4, 0.5) is 0 Å². The highest BCUT2D eigenvalue weighted by molar-refractivity contribution is 14.0. The van der Waals surface area contributed by atoms with Crippen LogP contribution in [0.3, 0.4) is 0 Å². The van der Waals surface area contributed by atoms with Gasteiger partial charge in [-0.15, -0.1) is 24.0 Å². The van der Waals surface area contributed by atoms with Crippen LogP contribution in [-0.2, 0) is 17.8 Å². The second-order valence-corrected chi connectivity index (χ2v) is 7.89. The molecule has 3 rings (SSSR count). The fraction of sp³-hybridized carbons (Fsp3) is 0.480. The first kappa shape index (κ1) is 27.2. The zero-order valence-corrected chi connectivity index (χ0v) is 22.2. The number of hydrogen-bond donors (Lipinski definition) is 2. The monoisotopic (exact) mass is 568 g/mol. The first-order chi connectivity index (χ1) is 15.7. The average molecular weight is 569 g/mol. The van der Waals surface area contributed by atoms with Gasteiger partial charge in [-0.1, -0.05) is 30.3 Å². The highest BCUT2D eigenvalue weighted by Crippen LogP contribution is 2.19. The van der Waals surface area contributed by atoms with Gasteiger partial charge in [0.1, 0.15) is 17.6 Å². The zero-order valence-electron chi connectivity index (χ0n) is 19.9. The summed E-state index contributed by atoms with van der Waals surface area (Å²) < 4.78 is 16.7. The largest absolute Gasteiger partial charge is 0.497 e. The minimum atomic E-state index is -0.0252. The molecule has 1 saturated heterocycles. The van der Waals surface area contributed by atoms with E-state index in [-0.39, 0.29) is 30.1 Å². The Morgan fingerprint density at radius 1 is 1.06 bits per heavy atom. The second-order valence-electron chi connectivity index (χ2n) is 7.89. The van der Waals surface area contributed by atoms with Gasteiger partial charge in [0.2, 0.25) is 0 Å². The fourth-order valence-electron chi connectivity index (χ4n) is 3.54. The molecule has 1 heterocycles. The number of rotatable bonds is 10. The molecule has 0 aliphatic carbocycles. The van der Waals surface area contributed by atoms with Gasteiger partial charge in [0.25, 0.3) is 0 Å². The molecule has 8 heteroatoms. The Balaban J connectivity index is 0.00000385. The van der Waals surface area contributed by atoms with Crippen LogP contribution in [0.1, 0.15) is 25.0 Å². The van der Waals surface area contributed by atoms with Gasteiger partial charge in [-0.2, -0.15) is 0 Å². The van der Waals surface area contributed by atoms with Crippen LogP contribution in [0.2, 0.25) is 0 Å². The maximum absolute atomic E-state index is 6.00. The summed E-state index contributed by atoms with van der Waals surface area (Å²) in [5, 5.41) is 6.69. The third-order valence-corrected chi connectivity index (χ3v) is 5.20. The first-order valence-corrected chi connectivity index (χ1v) is 11.4. The molecule has 2 N–H and O–H groups in total. The molecule has 0 radical (unpaired) electrons. The highest BCUT2D eigenvalue weighted by Gasteiger charge is 2.11. The van der Waals surface area contributed by atoms with E-state index in [0.717, 1.165) is 56.9 Å². The molecule has 0 bridgehead atoms. The van der Waals surface area contributed by atoms with E-state index in [1.54, 1.807) is 7.11 Å². The lowest BCUT2D eigenvalue weighted by Crippen LogP contribution is -2.41. The Hall–Kier alpha value is -2.04. The Labute approximate surface area is 214 Å². The van der Waals surface area contributed by atoms with E-state index in [0.29, 0.717) is 13.1 Å². The molecular weight excluding hydrogens is 531 g/mol. The van der Waals surface area contributed by atoms with Gasteiger partial charge in [0, 0.05) is 32.2 Å². The van der Waals surface area contributed by atoms with Crippen molar-refractivity contribution in [3.05, 3.63) is 59.7 Å². The van der Waals surface area contributed by atoms with E-state index in [1.165, 1.54) is 11.1 Å². The van der Waals surface area contributed by atoms with Crippen molar-refractivity contribution in [2.75, 3.05) is 46.5 Å². The van der Waals surface area contributed by atoms with E-state index in [9.17, 15) is 0 Å². The van der Waals surface area contributed by atoms with E-state index >= 15 is 0 Å². The number of ether oxygens (including phenoxy) is 3. The summed E-state index contributed by atoms with van der Waals surface area (Å²) in [5.41, 5.74) is 2.52. The molecular formula is C25H37IN4O3. The number of nitrogens with one attached hydrogen (secondary N) is 2. The van der Waals surface area contributed by atoms with Crippen LogP contribution in [0.15, 0.2) is 53.5 Å². The Morgan fingerprint density at radius 2 is 1.79 bits per heavy atom. The van der Waals surface area contributed by atoms with E-state index < -0.39 is 0 Å². The molecule has 0 spiro atoms. The lowest BCUT2D eigenvalue weighted by atomic mass is 10.1. The molecule has 1 fully saturated rings. The summed E-state index contributed by atoms with van der Waals surface area (Å²) in [6, 6.07) is 16.3. The van der Waals surface area contributed by atoms with Crippen LogP contribution >= 0.6 is 24.0 Å². The van der Waals surface area contributed by atoms with Crippen molar-refractivity contribution in [2.45, 2.75) is 33.0 Å². The Kier molecular flexibility index (Phi) is 12.3. The lowest BCUT2D eigenvalue weighted by molar-refractivity contribution is 0.0342. The second kappa shape index (κ2) is 15.0. The molecule has 182 valence electrons. The minimum Gasteiger partial charge on any atom is -0.497 e. The minimum absolute atomic E-state index is 0. The third-order valence-electron chi connectivity index (χ3n) is 5.20. The smallest absolute Gasteiger partial charge is 0.191 e. The molecule has 0 saturated carbocycles. The van der Waals surface area contributed by atoms with Gasteiger partial charge in [0.15, 0.2) is 5.96 Å². The molecule has 1 aliphatic rings. The predicted octanol–water partition coefficient (Wildman–Crippen LogP) is 3.67. The van der Waals surface area contributed by atoms with Crippen LogP contribution in [0.25, 0.3) is 0 Å². The van der Waals surface area contributed by atoms with Crippen molar-refractivity contribution >= 4 is 29.9 Å². The van der Waals surface area contributed by atoms with E-state index in [4.69, 9.17) is 19.2 Å². The standard InChI is InChI=1S/C25H36N4O3.HI/c1-4-26-25(27-17-20(2)32-24-10-6-9-23(16-24)30-3)28-18-21-7-5-8-22(15-21)19-29-11-13-31-14-12-29;/h5-10,15-16,20H,4,11-14,17-19H2,1-3H3,(H2,26,27,28);1H. The quantitative estimate of drug-likeness (QED) is 0.259. The van der Waals surface area contributed by atoms with Gasteiger partial charge < -0.3 is 24.8 Å². The molecule has 7 nitrogen and oxygen atoms in total.